The maximum Gasteiger partial charge on any atom is 0.338 e. The number of amides is 3. The van der Waals surface area contributed by atoms with Crippen LogP contribution >= 0.6 is 23.5 Å². The number of nitrogens with two attached hydrogens (primary N) is 1. The van der Waals surface area contributed by atoms with Crippen molar-refractivity contribution in [3.8, 4) is 0 Å². The van der Waals surface area contributed by atoms with Crippen molar-refractivity contribution in [2.45, 2.75) is 241 Å². The molecule has 0 bridgehead atoms. The predicted octanol–water partition coefficient (Wildman–Crippen LogP) is 9.33. The monoisotopic (exact) mass is 1690 g/mol. The SMILES string of the molecule is CC1(C)CC(N)CC(C)(C)N1O.CNC(Cc1ccccc1)C(=O)OCCCCOC(=O)C(Cc1ccccc1)NC(=O)CC(SCCC(=O)NC1CC(C)(C)N(O)C(C)(C)C1)C(C)=O.CNC(Cc1ccccc1)C(=O)OCCCCOC(=O)C(Cc1ccccc1)NC(=O)CC(SCCC(=O)O)C(C)=O.O=C(n1ccnc1)n1ccnc1. The molecule has 6 atom stereocenters. The van der Waals surface area contributed by atoms with Crippen LogP contribution in [0.4, 0.5) is 4.79 Å². The number of benzene rings is 4. The highest BCUT2D eigenvalue weighted by molar-refractivity contribution is 8.00. The number of hydrogen-bond acceptors (Lipinski definition) is 26. The van der Waals surface area contributed by atoms with E-state index in [1.54, 1.807) is 38.9 Å². The Morgan fingerprint density at radius 1 is 0.462 bits per heavy atom. The van der Waals surface area contributed by atoms with E-state index in [2.05, 4.69) is 36.6 Å². The molecule has 2 saturated heterocycles. The van der Waals surface area contributed by atoms with Crippen molar-refractivity contribution < 1.29 is 87.2 Å². The van der Waals surface area contributed by atoms with E-state index in [1.165, 1.54) is 57.5 Å². The summed E-state index contributed by atoms with van der Waals surface area (Å²) in [6.45, 7) is 19.1. The van der Waals surface area contributed by atoms with Gasteiger partial charge in [0.25, 0.3) is 0 Å². The van der Waals surface area contributed by atoms with Crippen LogP contribution < -0.4 is 32.3 Å². The Bertz CT molecular complexity index is 4020. The minimum Gasteiger partial charge on any atom is -0.481 e. The summed E-state index contributed by atoms with van der Waals surface area (Å²) >= 11 is 2.34. The highest BCUT2D eigenvalue weighted by atomic mass is 32.2. The number of aliphatic carboxylic acids is 1. The van der Waals surface area contributed by atoms with Crippen molar-refractivity contribution in [1.82, 2.24) is 55.8 Å². The number of piperidine rings is 2. The molecule has 4 aromatic carbocycles. The fourth-order valence-corrected chi connectivity index (χ4v) is 16.0. The van der Waals surface area contributed by atoms with Crippen LogP contribution in [-0.4, -0.2) is 231 Å². The maximum atomic E-state index is 13.2. The van der Waals surface area contributed by atoms with E-state index in [1.807, 2.05) is 177 Å². The Hall–Kier alpha value is -9.51. The topological polar surface area (TPSA) is 414 Å². The summed E-state index contributed by atoms with van der Waals surface area (Å²) in [4.78, 5) is 144. The fourth-order valence-electron chi connectivity index (χ4n) is 13.9. The number of nitrogens with zero attached hydrogens (tertiary/aromatic N) is 6. The standard InChI is InChI=1S/C40H58N4O8S.C31H40N2O8S.C9H20N2O.C7H6N4O/c1-28(45)34(53-22-19-35(46)42-31-26-39(2,3)44(50)40(4,5)27-31)25-36(47)43-33(24-30-17-11-8-12-18-30)38(49)52-21-14-13-20-51-37(48)32(41-6)23-29-15-9-7-10-16-29;1-22(34)27(42-18-15-29(36)37)21-28(35)33-26(20-24-13-7-4-8-14-24)31(39)41-17-10-9-16-40-30(38)25(32-2)19-23-11-5-3-6-12-23;1-8(2)5-7(10)6-9(3,4)11(8)12;12-7(10-3-1-8-5-10)11-4-2-9-6-11/h7-12,15-18,31-34,41,50H,13-14,19-27H2,1-6H3,(H,42,46)(H,43,47);3-8,11-14,25-27,32H,9-10,15-21H2,1-2H3,(H,33,35)(H,36,37);7,12H,5-6,10H2,1-4H3;1-6H. The van der Waals surface area contributed by atoms with Crippen molar-refractivity contribution in [2.75, 3.05) is 52.0 Å². The van der Waals surface area contributed by atoms with Gasteiger partial charge in [0, 0.05) is 103 Å². The third kappa shape index (κ3) is 36.9. The molecular formula is C87H124N12O18S2. The second-order valence-corrected chi connectivity index (χ2v) is 34.6. The summed E-state index contributed by atoms with van der Waals surface area (Å²) in [5, 5.41) is 45.2. The first-order valence-corrected chi connectivity index (χ1v) is 42.3. The molecule has 0 spiro atoms. The van der Waals surface area contributed by atoms with E-state index in [4.69, 9.17) is 29.8 Å². The lowest BCUT2D eigenvalue weighted by atomic mass is 9.79. The second-order valence-electron chi connectivity index (χ2n) is 31.9. The molecule has 652 valence electrons. The molecule has 6 unspecified atom stereocenters. The van der Waals surface area contributed by atoms with Crippen LogP contribution in [0.3, 0.4) is 0 Å². The number of aromatic nitrogens is 4. The summed E-state index contributed by atoms with van der Waals surface area (Å²) in [6, 6.07) is 34.7. The molecule has 10 N–H and O–H groups in total. The van der Waals surface area contributed by atoms with Crippen LogP contribution in [0.5, 0.6) is 0 Å². The number of rotatable bonds is 41. The molecule has 8 rings (SSSR count). The van der Waals surface area contributed by atoms with Gasteiger partial charge in [0.15, 0.2) is 0 Å². The highest BCUT2D eigenvalue weighted by Gasteiger charge is 2.46. The third-order valence-electron chi connectivity index (χ3n) is 19.7. The van der Waals surface area contributed by atoms with E-state index in [0.717, 1.165) is 46.9 Å². The number of likely N-dealkylation sites (N-methyl/N-ethyl adjacent to an activating group) is 2. The van der Waals surface area contributed by atoms with Crippen LogP contribution in [0.1, 0.15) is 169 Å². The number of unbranched alkanes of at least 4 members (excludes halogenated alkanes) is 2. The number of carboxylic acids is 1. The number of hydrogen-bond donors (Lipinski definition) is 9. The van der Waals surface area contributed by atoms with E-state index < -0.39 is 75.5 Å². The van der Waals surface area contributed by atoms with Crippen molar-refractivity contribution in [3.63, 3.8) is 0 Å². The highest BCUT2D eigenvalue weighted by Crippen LogP contribution is 2.38. The van der Waals surface area contributed by atoms with Gasteiger partial charge in [-0.25, -0.2) is 24.4 Å². The van der Waals surface area contributed by atoms with Gasteiger partial charge >= 0.3 is 35.9 Å². The number of carbonyl (C=O) groups excluding carboxylic acids is 10. The van der Waals surface area contributed by atoms with Gasteiger partial charge in [-0.2, -0.15) is 10.1 Å². The Balaban J connectivity index is 0.000000333. The van der Waals surface area contributed by atoms with E-state index in [-0.39, 0.29) is 129 Å². The third-order valence-corrected chi connectivity index (χ3v) is 22.4. The number of Topliss-reactive ketones (excluding diaryl/α,β-unsaturated/α-hetero) is 2. The number of nitrogens with one attached hydrogen (secondary N) is 5. The maximum absolute atomic E-state index is 13.2. The lowest BCUT2D eigenvalue weighted by Crippen LogP contribution is -2.62. The Kier molecular flexibility index (Phi) is 43.0. The number of ether oxygens (including phenoxy) is 4. The number of imidazole rings is 2. The van der Waals surface area contributed by atoms with Gasteiger partial charge in [-0.15, -0.1) is 23.5 Å². The number of esters is 4. The average molecular weight is 1690 g/mol. The quantitative estimate of drug-likeness (QED) is 0.00980. The molecule has 0 radical (unpaired) electrons. The lowest BCUT2D eigenvalue weighted by molar-refractivity contribution is -0.246. The van der Waals surface area contributed by atoms with Crippen molar-refractivity contribution >= 4 is 88.7 Å². The summed E-state index contributed by atoms with van der Waals surface area (Å²) in [5.74, 6) is -3.94. The van der Waals surface area contributed by atoms with Crippen LogP contribution in [0.25, 0.3) is 0 Å². The lowest BCUT2D eigenvalue weighted by Gasteiger charge is -2.51. The van der Waals surface area contributed by atoms with Gasteiger partial charge < -0.3 is 66.8 Å². The first-order chi connectivity index (χ1) is 56.4. The van der Waals surface area contributed by atoms with Crippen LogP contribution in [0.15, 0.2) is 159 Å². The molecule has 2 aromatic heterocycles. The number of carboxylic acid groups (broad SMARTS) is 1. The normalized spacial score (nSPS) is 16.3. The minimum atomic E-state index is -0.983. The Morgan fingerprint density at radius 3 is 1.06 bits per heavy atom. The van der Waals surface area contributed by atoms with Crippen molar-refractivity contribution in [3.05, 3.63) is 181 Å². The number of hydroxylamine groups is 4. The molecule has 119 heavy (non-hydrogen) atoms. The van der Waals surface area contributed by atoms with Gasteiger partial charge in [-0.05, 0) is 170 Å². The molecule has 4 heterocycles. The molecular weight excluding hydrogens is 1570 g/mol. The summed E-state index contributed by atoms with van der Waals surface area (Å²) in [7, 11) is 3.42. The summed E-state index contributed by atoms with van der Waals surface area (Å²) in [5.41, 5.74) is 8.22. The zero-order valence-corrected chi connectivity index (χ0v) is 72.4. The smallest absolute Gasteiger partial charge is 0.338 e. The van der Waals surface area contributed by atoms with Crippen molar-refractivity contribution in [1.29, 1.82) is 0 Å². The summed E-state index contributed by atoms with van der Waals surface area (Å²) < 4.78 is 24.5. The van der Waals surface area contributed by atoms with Gasteiger partial charge in [0.05, 0.1) is 43.3 Å². The molecule has 30 nitrogen and oxygen atoms in total. The van der Waals surface area contributed by atoms with Crippen LogP contribution in [0, 0.1) is 0 Å². The molecule has 2 fully saturated rings. The predicted molar refractivity (Wildman–Crippen MR) is 455 cm³/mol. The van der Waals surface area contributed by atoms with Gasteiger partial charge in [-0.1, -0.05) is 121 Å². The van der Waals surface area contributed by atoms with Crippen molar-refractivity contribution in [2.24, 2.45) is 5.73 Å². The largest absolute Gasteiger partial charge is 0.481 e. The average Bonchev–Trinajstić information content (AvgIpc) is 1.32. The molecule has 3 amide bonds. The molecule has 32 heteroatoms. The van der Waals surface area contributed by atoms with Crippen LogP contribution in [0.2, 0.25) is 0 Å². The fraction of sp³-hybridized carbons (Fsp3) is 0.529. The zero-order valence-electron chi connectivity index (χ0n) is 70.7. The van der Waals surface area contributed by atoms with Gasteiger partial charge in [0.2, 0.25) is 17.7 Å². The number of carbonyl (C=O) groups is 11. The zero-order chi connectivity index (χ0) is 87.7. The van der Waals surface area contributed by atoms with E-state index in [9.17, 15) is 63.2 Å². The second kappa shape index (κ2) is 51.2. The molecule has 2 aliphatic rings. The van der Waals surface area contributed by atoms with Gasteiger partial charge in [0.1, 0.15) is 48.4 Å². The van der Waals surface area contributed by atoms with Crippen LogP contribution in [-0.2, 0) is 92.6 Å². The molecule has 0 aliphatic carbocycles. The van der Waals surface area contributed by atoms with E-state index >= 15 is 0 Å². The number of thioether (sulfide) groups is 2. The Morgan fingerprint density at radius 2 is 0.765 bits per heavy atom. The number of ketones is 2. The molecule has 2 aliphatic heterocycles. The Labute approximate surface area is 707 Å². The molecule has 0 saturated carbocycles. The summed E-state index contributed by atoms with van der Waals surface area (Å²) in [6.07, 6.45) is 15.1. The van der Waals surface area contributed by atoms with E-state index in [0.29, 0.717) is 57.1 Å². The first kappa shape index (κ1) is 100. The molecule has 6 aromatic rings. The van der Waals surface area contributed by atoms with Gasteiger partial charge in [-0.3, -0.25) is 47.5 Å². The first-order valence-electron chi connectivity index (χ1n) is 40.2. The minimum absolute atomic E-state index is 0.0815.